The standard InChI is InChI=1S/C33H35N5O4S/c1-3-25(39)37-23-10-7-11-24(23)38-32(41)30-27-26-21(14-15-22(34)29(26)43-30)33(36,31(40)28(27)35)20-13-12-19(16-17(20)2)42-18-8-5-4-6-9-18/h4-6,8-9,12-16,23-24,28H,3,7,10-11,34-36H2,1-2H3,(H,37,39)(H,38,41)/t23-,24-,28?,33?/m1/s1. The summed E-state index contributed by atoms with van der Waals surface area (Å²) in [5.41, 5.74) is 21.5. The second kappa shape index (κ2) is 11.1. The van der Waals surface area contributed by atoms with E-state index in [1.165, 1.54) is 11.3 Å². The Bertz CT molecular complexity index is 1750. The Balaban J connectivity index is 1.40. The molecule has 6 rings (SSSR count). The van der Waals surface area contributed by atoms with Gasteiger partial charge in [0.15, 0.2) is 5.78 Å². The van der Waals surface area contributed by atoms with Crippen molar-refractivity contribution in [2.24, 2.45) is 11.5 Å². The summed E-state index contributed by atoms with van der Waals surface area (Å²) in [4.78, 5) is 40.3. The number of benzene rings is 3. The van der Waals surface area contributed by atoms with Gasteiger partial charge in [0.25, 0.3) is 5.91 Å². The van der Waals surface area contributed by atoms with Crippen LogP contribution < -0.4 is 32.6 Å². The van der Waals surface area contributed by atoms with Gasteiger partial charge in [-0.15, -0.1) is 11.3 Å². The highest BCUT2D eigenvalue weighted by molar-refractivity contribution is 7.21. The average Bonchev–Trinajstić information content (AvgIpc) is 3.61. The number of nitrogen functional groups attached to an aromatic ring is 1. The van der Waals surface area contributed by atoms with Crippen LogP contribution in [0.2, 0.25) is 0 Å². The number of thiophene rings is 1. The summed E-state index contributed by atoms with van der Waals surface area (Å²) in [6.45, 7) is 3.68. The molecule has 3 aromatic carbocycles. The van der Waals surface area contributed by atoms with Crippen LogP contribution in [-0.4, -0.2) is 29.7 Å². The van der Waals surface area contributed by atoms with E-state index in [2.05, 4.69) is 10.6 Å². The summed E-state index contributed by atoms with van der Waals surface area (Å²) in [5, 5.41) is 6.76. The molecule has 0 aliphatic heterocycles. The van der Waals surface area contributed by atoms with Crippen LogP contribution in [0.15, 0.2) is 60.7 Å². The summed E-state index contributed by atoms with van der Waals surface area (Å²) in [5.74, 6) is 0.505. The third-order valence-electron chi connectivity index (χ3n) is 8.62. The lowest BCUT2D eigenvalue weighted by molar-refractivity contribution is -0.125. The Morgan fingerprint density at radius 2 is 1.70 bits per heavy atom. The quantitative estimate of drug-likeness (QED) is 0.195. The first-order chi connectivity index (χ1) is 20.6. The molecule has 43 heavy (non-hydrogen) atoms. The van der Waals surface area contributed by atoms with Crippen LogP contribution in [0.25, 0.3) is 10.1 Å². The highest BCUT2D eigenvalue weighted by atomic mass is 32.1. The monoisotopic (exact) mass is 597 g/mol. The molecule has 8 N–H and O–H groups in total. The second-order valence-electron chi connectivity index (χ2n) is 11.3. The van der Waals surface area contributed by atoms with Crippen molar-refractivity contribution in [3.8, 4) is 11.5 Å². The first-order valence-corrected chi connectivity index (χ1v) is 15.3. The highest BCUT2D eigenvalue weighted by Gasteiger charge is 2.49. The number of carbonyl (C=O) groups is 3. The fraction of sp³-hybridized carbons (Fsp3) is 0.303. The molecule has 1 saturated carbocycles. The molecule has 1 heterocycles. The first-order valence-electron chi connectivity index (χ1n) is 14.5. The van der Waals surface area contributed by atoms with E-state index < -0.39 is 17.4 Å². The molecule has 4 atom stereocenters. The van der Waals surface area contributed by atoms with Gasteiger partial charge in [0.1, 0.15) is 17.0 Å². The number of amides is 2. The average molecular weight is 598 g/mol. The molecule has 0 spiro atoms. The van der Waals surface area contributed by atoms with Crippen LogP contribution >= 0.6 is 11.3 Å². The van der Waals surface area contributed by atoms with Gasteiger partial charge in [0, 0.05) is 35.1 Å². The fourth-order valence-electron chi connectivity index (χ4n) is 6.44. The number of hydrogen-bond acceptors (Lipinski definition) is 8. The molecule has 2 amide bonds. The third kappa shape index (κ3) is 4.85. The number of aryl methyl sites for hydroxylation is 1. The van der Waals surface area contributed by atoms with Crippen molar-refractivity contribution in [1.82, 2.24) is 10.6 Å². The maximum atomic E-state index is 14.2. The first kappa shape index (κ1) is 28.9. The van der Waals surface area contributed by atoms with E-state index in [-0.39, 0.29) is 23.9 Å². The van der Waals surface area contributed by atoms with Crippen LogP contribution in [0.3, 0.4) is 0 Å². The van der Waals surface area contributed by atoms with Gasteiger partial charge in [-0.1, -0.05) is 37.3 Å². The van der Waals surface area contributed by atoms with Crippen molar-refractivity contribution in [2.75, 3.05) is 5.73 Å². The summed E-state index contributed by atoms with van der Waals surface area (Å²) < 4.78 is 6.66. The van der Waals surface area contributed by atoms with Crippen molar-refractivity contribution >= 4 is 44.7 Å². The Morgan fingerprint density at radius 3 is 2.40 bits per heavy atom. The summed E-state index contributed by atoms with van der Waals surface area (Å²) >= 11 is 1.22. The number of hydrogen-bond donors (Lipinski definition) is 5. The number of nitrogens with two attached hydrogens (primary N) is 3. The lowest BCUT2D eigenvalue weighted by atomic mass is 9.69. The van der Waals surface area contributed by atoms with Gasteiger partial charge >= 0.3 is 0 Å². The molecule has 2 aliphatic carbocycles. The minimum absolute atomic E-state index is 0.0534. The van der Waals surface area contributed by atoms with E-state index in [9.17, 15) is 14.4 Å². The third-order valence-corrected chi connectivity index (χ3v) is 9.87. The lowest BCUT2D eigenvalue weighted by Gasteiger charge is -2.37. The Kier molecular flexibility index (Phi) is 7.45. The molecule has 1 fully saturated rings. The molecule has 10 heteroatoms. The van der Waals surface area contributed by atoms with E-state index in [4.69, 9.17) is 21.9 Å². The number of para-hydroxylation sites is 1. The zero-order valence-corrected chi connectivity index (χ0v) is 24.9. The number of carbonyl (C=O) groups excluding carboxylic acids is 3. The topological polar surface area (TPSA) is 163 Å². The second-order valence-corrected chi connectivity index (χ2v) is 12.4. The molecular formula is C33H35N5O4S. The van der Waals surface area contributed by atoms with Crippen LogP contribution in [0.5, 0.6) is 11.5 Å². The van der Waals surface area contributed by atoms with Crippen molar-refractivity contribution in [3.63, 3.8) is 0 Å². The molecule has 1 aromatic heterocycles. The van der Waals surface area contributed by atoms with E-state index in [1.54, 1.807) is 31.2 Å². The van der Waals surface area contributed by atoms with Crippen molar-refractivity contribution in [2.45, 2.75) is 63.2 Å². The normalized spacial score (nSPS) is 22.9. The number of rotatable bonds is 7. The molecule has 9 nitrogen and oxygen atoms in total. The highest BCUT2D eigenvalue weighted by Crippen LogP contribution is 2.50. The Labute approximate surface area is 253 Å². The number of Topliss-reactive ketones (excluding diaryl/α,β-unsaturated/α-hetero) is 1. The predicted molar refractivity (Wildman–Crippen MR) is 168 cm³/mol. The summed E-state index contributed by atoms with van der Waals surface area (Å²) in [7, 11) is 0. The van der Waals surface area contributed by atoms with Gasteiger partial charge in [0.2, 0.25) is 5.91 Å². The zero-order chi connectivity index (χ0) is 30.5. The zero-order valence-electron chi connectivity index (χ0n) is 24.1. The SMILES string of the molecule is CCC(=O)N[C@@H]1CCC[C@H]1NC(=O)c1sc2c(N)ccc3c2c1C(N)C(=O)C3(N)c1ccc(Oc2ccccc2)cc1C. The largest absolute Gasteiger partial charge is 0.457 e. The number of anilines is 1. The summed E-state index contributed by atoms with van der Waals surface area (Å²) in [6, 6.07) is 16.8. The maximum Gasteiger partial charge on any atom is 0.262 e. The van der Waals surface area contributed by atoms with Crippen LogP contribution in [0, 0.1) is 6.92 Å². The minimum Gasteiger partial charge on any atom is -0.457 e. The maximum absolute atomic E-state index is 14.2. The van der Waals surface area contributed by atoms with Gasteiger partial charge < -0.3 is 32.6 Å². The van der Waals surface area contributed by atoms with E-state index in [0.717, 1.165) is 24.8 Å². The van der Waals surface area contributed by atoms with Gasteiger partial charge in [-0.25, -0.2) is 0 Å². The Morgan fingerprint density at radius 1 is 1.00 bits per heavy atom. The van der Waals surface area contributed by atoms with Crippen molar-refractivity contribution in [3.05, 3.63) is 87.8 Å². The Hall–Kier alpha value is -4.25. The van der Waals surface area contributed by atoms with E-state index >= 15 is 0 Å². The van der Waals surface area contributed by atoms with Gasteiger partial charge in [-0.05, 0) is 73.2 Å². The van der Waals surface area contributed by atoms with E-state index in [1.807, 2.05) is 43.3 Å². The molecule has 0 radical (unpaired) electrons. The molecule has 2 aliphatic rings. The summed E-state index contributed by atoms with van der Waals surface area (Å²) in [6.07, 6.45) is 2.79. The minimum atomic E-state index is -1.57. The van der Waals surface area contributed by atoms with Gasteiger partial charge in [-0.3, -0.25) is 14.4 Å². The molecule has 0 saturated heterocycles. The molecule has 222 valence electrons. The molecule has 4 aromatic rings. The van der Waals surface area contributed by atoms with Gasteiger partial charge in [-0.2, -0.15) is 0 Å². The number of ketones is 1. The van der Waals surface area contributed by atoms with Gasteiger partial charge in [0.05, 0.1) is 15.6 Å². The van der Waals surface area contributed by atoms with Crippen molar-refractivity contribution in [1.29, 1.82) is 0 Å². The van der Waals surface area contributed by atoms with Crippen molar-refractivity contribution < 1.29 is 19.1 Å². The van der Waals surface area contributed by atoms with Crippen LogP contribution in [0.1, 0.15) is 70.6 Å². The molecule has 2 unspecified atom stereocenters. The lowest BCUT2D eigenvalue weighted by Crippen LogP contribution is -2.53. The smallest absolute Gasteiger partial charge is 0.262 e. The number of ether oxygens (including phenoxy) is 1. The fourth-order valence-corrected chi connectivity index (χ4v) is 7.65. The van der Waals surface area contributed by atoms with E-state index in [0.29, 0.717) is 55.3 Å². The molecule has 0 bridgehead atoms. The number of nitrogens with one attached hydrogen (secondary N) is 2. The van der Waals surface area contributed by atoms with Crippen LogP contribution in [0.4, 0.5) is 5.69 Å². The molecular weight excluding hydrogens is 562 g/mol. The predicted octanol–water partition coefficient (Wildman–Crippen LogP) is 4.55. The van der Waals surface area contributed by atoms with Crippen LogP contribution in [-0.2, 0) is 15.1 Å².